The zero-order valence-electron chi connectivity index (χ0n) is 7.92. The van der Waals surface area contributed by atoms with Crippen molar-refractivity contribution in [3.8, 4) is 0 Å². The minimum absolute atomic E-state index is 0.121. The van der Waals surface area contributed by atoms with E-state index in [1.165, 1.54) is 13.0 Å². The highest BCUT2D eigenvalue weighted by molar-refractivity contribution is 6.66. The summed E-state index contributed by atoms with van der Waals surface area (Å²) in [6.07, 6.45) is 3.53. The third-order valence-electron chi connectivity index (χ3n) is 3.17. The van der Waals surface area contributed by atoms with E-state index in [1.807, 2.05) is 0 Å². The Morgan fingerprint density at radius 3 is 3.08 bits per heavy atom. The predicted molar refractivity (Wildman–Crippen MR) is 53.0 cm³/mol. The van der Waals surface area contributed by atoms with Crippen LogP contribution >= 0.6 is 11.6 Å². The van der Waals surface area contributed by atoms with Crippen LogP contribution in [-0.2, 0) is 4.84 Å². The Bertz CT molecular complexity index is 228. The zero-order valence-corrected chi connectivity index (χ0v) is 8.68. The minimum atomic E-state index is 0.121. The Kier molecular flexibility index (Phi) is 2.47. The normalized spacial score (nSPS) is 39.2. The van der Waals surface area contributed by atoms with Crippen molar-refractivity contribution in [2.75, 3.05) is 26.7 Å². The monoisotopic (exact) mass is 202 g/mol. The molecule has 2 aliphatic rings. The van der Waals surface area contributed by atoms with Gasteiger partial charge in [0.15, 0.2) is 5.17 Å². The molecule has 13 heavy (non-hydrogen) atoms. The van der Waals surface area contributed by atoms with Crippen molar-refractivity contribution in [2.24, 2.45) is 10.6 Å². The van der Waals surface area contributed by atoms with Crippen LogP contribution in [0.4, 0.5) is 0 Å². The topological polar surface area (TPSA) is 24.8 Å². The first kappa shape index (κ1) is 9.28. The third-order valence-corrected chi connectivity index (χ3v) is 3.64. The largest absolute Gasteiger partial charge is 0.398 e. The molecule has 2 atom stereocenters. The van der Waals surface area contributed by atoms with Crippen molar-refractivity contribution in [3.05, 3.63) is 0 Å². The number of halogens is 1. The van der Waals surface area contributed by atoms with E-state index in [9.17, 15) is 0 Å². The van der Waals surface area contributed by atoms with Crippen molar-refractivity contribution in [3.63, 3.8) is 0 Å². The maximum atomic E-state index is 6.14. The van der Waals surface area contributed by atoms with Crippen LogP contribution in [0.3, 0.4) is 0 Å². The zero-order chi connectivity index (χ0) is 9.31. The number of fused-ring (bicyclic) bond motifs is 2. The lowest BCUT2D eigenvalue weighted by Crippen LogP contribution is -2.37. The molecule has 0 aromatic carbocycles. The average molecular weight is 203 g/mol. The quantitative estimate of drug-likeness (QED) is 0.503. The molecule has 3 nitrogen and oxygen atoms in total. The van der Waals surface area contributed by atoms with Crippen molar-refractivity contribution >= 4 is 16.8 Å². The summed E-state index contributed by atoms with van der Waals surface area (Å²) in [6, 6.07) is 0. The number of rotatable bonds is 2. The van der Waals surface area contributed by atoms with Gasteiger partial charge in [0, 0.05) is 12.0 Å². The van der Waals surface area contributed by atoms with Gasteiger partial charge in [-0.1, -0.05) is 16.8 Å². The van der Waals surface area contributed by atoms with Gasteiger partial charge in [0.25, 0.3) is 0 Å². The molecule has 2 aliphatic heterocycles. The van der Waals surface area contributed by atoms with Gasteiger partial charge in [-0.05, 0) is 32.4 Å². The van der Waals surface area contributed by atoms with E-state index >= 15 is 0 Å². The highest BCUT2D eigenvalue weighted by Crippen LogP contribution is 2.41. The number of hydrogen-bond donors (Lipinski definition) is 0. The molecule has 2 rings (SSSR count). The fraction of sp³-hybridized carbons (Fsp3) is 0.889. The Balaban J connectivity index is 2.15. The van der Waals surface area contributed by atoms with E-state index in [2.05, 4.69) is 10.1 Å². The number of nitrogens with zero attached hydrogens (tertiary/aromatic N) is 2. The Morgan fingerprint density at radius 2 is 2.31 bits per heavy atom. The molecule has 0 unspecified atom stereocenters. The number of oxime groups is 1. The molecule has 2 heterocycles. The van der Waals surface area contributed by atoms with E-state index < -0.39 is 0 Å². The van der Waals surface area contributed by atoms with Gasteiger partial charge in [-0.2, -0.15) is 0 Å². The highest BCUT2D eigenvalue weighted by Gasteiger charge is 2.44. The van der Waals surface area contributed by atoms with Gasteiger partial charge in [-0.3, -0.25) is 0 Å². The lowest BCUT2D eigenvalue weighted by molar-refractivity contribution is 0.199. The van der Waals surface area contributed by atoms with Gasteiger partial charge in [0.05, 0.1) is 0 Å². The van der Waals surface area contributed by atoms with E-state index in [0.29, 0.717) is 5.17 Å². The average Bonchev–Trinajstić information content (AvgIpc) is 2.44. The van der Waals surface area contributed by atoms with Gasteiger partial charge in [-0.25, -0.2) is 0 Å². The number of piperidine rings is 1. The van der Waals surface area contributed by atoms with Gasteiger partial charge >= 0.3 is 0 Å². The molecule has 2 bridgehead atoms. The van der Waals surface area contributed by atoms with Crippen LogP contribution in [0.2, 0.25) is 0 Å². The van der Waals surface area contributed by atoms with Crippen molar-refractivity contribution in [2.45, 2.75) is 19.3 Å². The molecule has 0 aliphatic carbocycles. The lowest BCUT2D eigenvalue weighted by atomic mass is 9.82. The fourth-order valence-electron chi connectivity index (χ4n) is 2.44. The van der Waals surface area contributed by atoms with Gasteiger partial charge in [-0.15, -0.1) is 0 Å². The van der Waals surface area contributed by atoms with Crippen LogP contribution in [0.15, 0.2) is 5.16 Å². The van der Waals surface area contributed by atoms with Crippen LogP contribution in [0.1, 0.15) is 19.3 Å². The first-order valence-electron chi connectivity index (χ1n) is 4.76. The summed E-state index contributed by atoms with van der Waals surface area (Å²) >= 11 is 6.14. The van der Waals surface area contributed by atoms with Crippen LogP contribution < -0.4 is 0 Å². The second-order valence-electron chi connectivity index (χ2n) is 3.97. The molecule has 4 heteroatoms. The van der Waals surface area contributed by atoms with E-state index in [4.69, 9.17) is 16.4 Å². The molecule has 0 saturated carbocycles. The SMILES string of the molecule is CO/N=C(/Cl)[C@]12CCC[N@@](CC1)C2. The number of hydrogen-bond acceptors (Lipinski definition) is 3. The molecular formula is C9H15ClN2O. The standard InChI is InChI=1S/C9H15ClN2O/c1-13-11-8(10)9-3-2-5-12(7-9)6-4-9/h2-7H2,1H3/b11-8+/t9-/m1/s1. The summed E-state index contributed by atoms with van der Waals surface area (Å²) in [4.78, 5) is 7.20. The van der Waals surface area contributed by atoms with Gasteiger partial charge in [0.1, 0.15) is 7.11 Å². The molecule has 0 radical (unpaired) electrons. The molecule has 74 valence electrons. The minimum Gasteiger partial charge on any atom is -0.398 e. The van der Waals surface area contributed by atoms with Crippen LogP contribution in [0.25, 0.3) is 0 Å². The Hall–Kier alpha value is -0.280. The molecule has 2 saturated heterocycles. The first-order chi connectivity index (χ1) is 6.27. The Morgan fingerprint density at radius 1 is 1.46 bits per heavy atom. The Labute approximate surface area is 83.7 Å². The summed E-state index contributed by atoms with van der Waals surface area (Å²) in [5.74, 6) is 0. The van der Waals surface area contributed by atoms with E-state index in [1.54, 1.807) is 7.11 Å². The maximum Gasteiger partial charge on any atom is 0.152 e. The summed E-state index contributed by atoms with van der Waals surface area (Å²) in [5, 5.41) is 4.54. The summed E-state index contributed by atoms with van der Waals surface area (Å²) in [6.45, 7) is 3.45. The second kappa shape index (κ2) is 3.46. The second-order valence-corrected chi connectivity index (χ2v) is 4.33. The van der Waals surface area contributed by atoms with Crippen molar-refractivity contribution in [1.29, 1.82) is 0 Å². The molecule has 2 fully saturated rings. The summed E-state index contributed by atoms with van der Waals surface area (Å²) < 4.78 is 0. The molecule has 0 aromatic heterocycles. The molecule has 0 N–H and O–H groups in total. The van der Waals surface area contributed by atoms with Crippen molar-refractivity contribution < 1.29 is 4.84 Å². The highest BCUT2D eigenvalue weighted by atomic mass is 35.5. The van der Waals surface area contributed by atoms with Crippen LogP contribution in [-0.4, -0.2) is 36.8 Å². The first-order valence-corrected chi connectivity index (χ1v) is 5.14. The fourth-order valence-corrected chi connectivity index (χ4v) is 2.76. The smallest absolute Gasteiger partial charge is 0.152 e. The van der Waals surface area contributed by atoms with Crippen molar-refractivity contribution in [1.82, 2.24) is 4.90 Å². The van der Waals surface area contributed by atoms with E-state index in [0.717, 1.165) is 25.9 Å². The molecule has 0 amide bonds. The predicted octanol–water partition coefficient (Wildman–Crippen LogP) is 1.67. The van der Waals surface area contributed by atoms with Crippen LogP contribution in [0.5, 0.6) is 0 Å². The summed E-state index contributed by atoms with van der Waals surface area (Å²) in [7, 11) is 1.55. The third kappa shape index (κ3) is 1.55. The van der Waals surface area contributed by atoms with Gasteiger partial charge in [0.2, 0.25) is 0 Å². The maximum absolute atomic E-state index is 6.14. The molecule has 0 aromatic rings. The lowest BCUT2D eigenvalue weighted by Gasteiger charge is -2.31. The van der Waals surface area contributed by atoms with E-state index in [-0.39, 0.29) is 5.41 Å². The molecular weight excluding hydrogens is 188 g/mol. The van der Waals surface area contributed by atoms with Crippen LogP contribution in [0, 0.1) is 5.41 Å². The van der Waals surface area contributed by atoms with Gasteiger partial charge < -0.3 is 9.74 Å². The molecule has 0 spiro atoms. The summed E-state index contributed by atoms with van der Waals surface area (Å²) in [5.41, 5.74) is 0.121.